The highest BCUT2D eigenvalue weighted by Gasteiger charge is 2.46. The largest absolute Gasteiger partial charge is 0.493 e. The van der Waals surface area contributed by atoms with Gasteiger partial charge in [0.25, 0.3) is 0 Å². The normalized spacial score (nSPS) is 20.9. The molecule has 184 valence electrons. The van der Waals surface area contributed by atoms with E-state index in [0.29, 0.717) is 35.7 Å². The van der Waals surface area contributed by atoms with E-state index in [4.69, 9.17) is 14.2 Å². The molecule has 0 aromatic heterocycles. The number of ketones is 1. The fraction of sp³-hybridized carbons (Fsp3) is 0.429. The van der Waals surface area contributed by atoms with Gasteiger partial charge < -0.3 is 19.5 Å². The summed E-state index contributed by atoms with van der Waals surface area (Å²) in [6, 6.07) is 10.9. The van der Waals surface area contributed by atoms with Crippen LogP contribution in [0.4, 0.5) is 11.4 Å². The molecule has 1 heterocycles. The molecule has 2 aromatic carbocycles. The Hall–Kier alpha value is -3.48. The molecule has 0 bridgehead atoms. The summed E-state index contributed by atoms with van der Waals surface area (Å²) in [5.74, 6) is 1.48. The zero-order valence-electron chi connectivity index (χ0n) is 20.9. The Morgan fingerprint density at radius 1 is 1.00 bits per heavy atom. The summed E-state index contributed by atoms with van der Waals surface area (Å²) in [7, 11) is 4.69. The first-order valence-corrected chi connectivity index (χ1v) is 12.0. The van der Waals surface area contributed by atoms with Crippen LogP contribution in [0.25, 0.3) is 0 Å². The molecule has 0 radical (unpaired) electrons. The second-order valence-electron chi connectivity index (χ2n) is 10.3. The Kier molecular flexibility index (Phi) is 5.74. The summed E-state index contributed by atoms with van der Waals surface area (Å²) < 4.78 is 16.8. The number of hydrogen-bond acceptors (Lipinski definition) is 6. The van der Waals surface area contributed by atoms with Crippen molar-refractivity contribution in [2.75, 3.05) is 31.5 Å². The molecule has 1 amide bonds. The summed E-state index contributed by atoms with van der Waals surface area (Å²) in [6.45, 7) is 4.21. The van der Waals surface area contributed by atoms with Gasteiger partial charge in [-0.2, -0.15) is 0 Å². The van der Waals surface area contributed by atoms with Gasteiger partial charge in [-0.25, -0.2) is 0 Å². The van der Waals surface area contributed by atoms with Gasteiger partial charge in [0.2, 0.25) is 11.7 Å². The highest BCUT2D eigenvalue weighted by atomic mass is 16.5. The van der Waals surface area contributed by atoms with Crippen molar-refractivity contribution in [3.8, 4) is 17.2 Å². The fourth-order valence-electron chi connectivity index (χ4n) is 5.33. The number of methoxy groups -OCH3 is 3. The molecule has 5 rings (SSSR count). The standard InChI is InChI=1S/C28H32N2O5/c1-28(2)14-19-24(21(31)15-28)25(17-12-22(33-3)26(35-5)23(13-17)34-4)30(27(32)16-10-11-16)20-9-7-6-8-18(20)29-19/h6-9,12-13,16,25,29H,10-11,14-15H2,1-5H3/t25-/m0/s1. The number of hydrogen-bond donors (Lipinski definition) is 1. The monoisotopic (exact) mass is 476 g/mol. The number of rotatable bonds is 5. The molecule has 7 nitrogen and oxygen atoms in total. The van der Waals surface area contributed by atoms with E-state index in [1.807, 2.05) is 41.3 Å². The van der Waals surface area contributed by atoms with Gasteiger partial charge in [0.1, 0.15) is 0 Å². The van der Waals surface area contributed by atoms with Crippen LogP contribution in [-0.4, -0.2) is 33.0 Å². The predicted molar refractivity (Wildman–Crippen MR) is 134 cm³/mol. The maximum atomic E-state index is 13.9. The molecule has 0 saturated heterocycles. The maximum Gasteiger partial charge on any atom is 0.231 e. The Morgan fingerprint density at radius 3 is 2.26 bits per heavy atom. The molecule has 35 heavy (non-hydrogen) atoms. The number of benzene rings is 2. The summed E-state index contributed by atoms with van der Waals surface area (Å²) >= 11 is 0. The third-order valence-corrected chi connectivity index (χ3v) is 7.07. The van der Waals surface area contributed by atoms with Crippen LogP contribution >= 0.6 is 0 Å². The number of Topliss-reactive ketones (excluding diaryl/α,β-unsaturated/α-hetero) is 1. The van der Waals surface area contributed by atoms with Crippen LogP contribution < -0.4 is 24.4 Å². The first-order valence-electron chi connectivity index (χ1n) is 12.0. The van der Waals surface area contributed by atoms with Crippen molar-refractivity contribution in [3.63, 3.8) is 0 Å². The molecule has 0 spiro atoms. The number of carbonyl (C=O) groups excluding carboxylic acids is 2. The van der Waals surface area contributed by atoms with Gasteiger partial charge in [0, 0.05) is 23.6 Å². The quantitative estimate of drug-likeness (QED) is 0.634. The number of nitrogens with zero attached hydrogens (tertiary/aromatic N) is 1. The van der Waals surface area contributed by atoms with Crippen molar-refractivity contribution in [1.82, 2.24) is 0 Å². The van der Waals surface area contributed by atoms with Crippen molar-refractivity contribution < 1.29 is 23.8 Å². The molecular weight excluding hydrogens is 444 g/mol. The highest BCUT2D eigenvalue weighted by molar-refractivity contribution is 6.07. The molecule has 1 fully saturated rings. The minimum absolute atomic E-state index is 0.0318. The molecule has 1 atom stereocenters. The number of nitrogens with one attached hydrogen (secondary N) is 1. The van der Waals surface area contributed by atoms with Gasteiger partial charge in [-0.15, -0.1) is 0 Å². The molecule has 7 heteroatoms. The van der Waals surface area contributed by atoms with Crippen molar-refractivity contribution in [3.05, 3.63) is 53.2 Å². The first kappa shape index (κ1) is 23.3. The van der Waals surface area contributed by atoms with Gasteiger partial charge in [-0.1, -0.05) is 26.0 Å². The molecule has 1 saturated carbocycles. The number of fused-ring (bicyclic) bond motifs is 1. The molecule has 2 aliphatic carbocycles. The topological polar surface area (TPSA) is 77.1 Å². The van der Waals surface area contributed by atoms with Gasteiger partial charge in [0.05, 0.1) is 38.7 Å². The maximum absolute atomic E-state index is 13.9. The fourth-order valence-corrected chi connectivity index (χ4v) is 5.33. The van der Waals surface area contributed by atoms with E-state index in [1.54, 1.807) is 21.3 Å². The van der Waals surface area contributed by atoms with Crippen LogP contribution in [0.3, 0.4) is 0 Å². The van der Waals surface area contributed by atoms with Crippen molar-refractivity contribution >= 4 is 23.1 Å². The van der Waals surface area contributed by atoms with Crippen molar-refractivity contribution in [2.45, 2.75) is 45.6 Å². The lowest BCUT2D eigenvalue weighted by Crippen LogP contribution is -2.40. The zero-order valence-corrected chi connectivity index (χ0v) is 20.9. The number of ether oxygens (including phenoxy) is 3. The van der Waals surface area contributed by atoms with Gasteiger partial charge >= 0.3 is 0 Å². The average Bonchev–Trinajstić information content (AvgIpc) is 3.68. The Balaban J connectivity index is 1.81. The van der Waals surface area contributed by atoms with E-state index in [2.05, 4.69) is 19.2 Å². The minimum Gasteiger partial charge on any atom is -0.493 e. The molecule has 1 N–H and O–H groups in total. The Morgan fingerprint density at radius 2 is 1.66 bits per heavy atom. The predicted octanol–water partition coefficient (Wildman–Crippen LogP) is 5.27. The second-order valence-corrected chi connectivity index (χ2v) is 10.3. The third kappa shape index (κ3) is 4.03. The SMILES string of the molecule is COc1cc([C@H]2C3=C(CC(C)(C)CC3=O)Nc3ccccc3N2C(=O)C2CC2)cc(OC)c1OC. The molecular formula is C28H32N2O5. The van der Waals surface area contributed by atoms with Gasteiger partial charge in [-0.3, -0.25) is 14.5 Å². The number of anilines is 2. The van der Waals surface area contributed by atoms with Crippen LogP contribution in [-0.2, 0) is 9.59 Å². The number of para-hydroxylation sites is 2. The lowest BCUT2D eigenvalue weighted by molar-refractivity contribution is -0.120. The molecule has 0 unspecified atom stereocenters. The third-order valence-electron chi connectivity index (χ3n) is 7.07. The lowest BCUT2D eigenvalue weighted by atomic mass is 9.73. The van der Waals surface area contributed by atoms with Gasteiger partial charge in [0.15, 0.2) is 17.3 Å². The highest BCUT2D eigenvalue weighted by Crippen LogP contribution is 2.51. The molecule has 3 aliphatic rings. The van der Waals surface area contributed by atoms with Crippen LogP contribution in [0, 0.1) is 11.3 Å². The average molecular weight is 477 g/mol. The number of carbonyl (C=O) groups is 2. The summed E-state index contributed by atoms with van der Waals surface area (Å²) in [5, 5.41) is 3.55. The zero-order chi connectivity index (χ0) is 24.9. The van der Waals surface area contributed by atoms with Crippen molar-refractivity contribution in [2.24, 2.45) is 11.3 Å². The lowest BCUT2D eigenvalue weighted by Gasteiger charge is -2.37. The molecule has 2 aromatic rings. The van der Waals surface area contributed by atoms with E-state index in [0.717, 1.165) is 35.5 Å². The number of allylic oxidation sites excluding steroid dienone is 1. The van der Waals surface area contributed by atoms with Crippen LogP contribution in [0.1, 0.15) is 51.1 Å². The Labute approximate surface area is 206 Å². The van der Waals surface area contributed by atoms with E-state index in [-0.39, 0.29) is 23.0 Å². The number of amides is 1. The van der Waals surface area contributed by atoms with E-state index in [9.17, 15) is 9.59 Å². The summed E-state index contributed by atoms with van der Waals surface area (Å²) in [6.07, 6.45) is 2.84. The van der Waals surface area contributed by atoms with E-state index < -0.39 is 6.04 Å². The summed E-state index contributed by atoms with van der Waals surface area (Å²) in [5.41, 5.74) is 3.64. The van der Waals surface area contributed by atoms with Crippen LogP contribution in [0.5, 0.6) is 17.2 Å². The van der Waals surface area contributed by atoms with Gasteiger partial charge in [-0.05, 0) is 54.5 Å². The van der Waals surface area contributed by atoms with E-state index >= 15 is 0 Å². The molecule has 1 aliphatic heterocycles. The van der Waals surface area contributed by atoms with E-state index in [1.165, 1.54) is 0 Å². The summed E-state index contributed by atoms with van der Waals surface area (Å²) in [4.78, 5) is 29.5. The van der Waals surface area contributed by atoms with Crippen LogP contribution in [0.15, 0.2) is 47.7 Å². The van der Waals surface area contributed by atoms with Crippen molar-refractivity contribution in [1.29, 1.82) is 0 Å². The smallest absolute Gasteiger partial charge is 0.231 e. The first-order chi connectivity index (χ1) is 16.8. The minimum atomic E-state index is -0.619. The Bertz CT molecular complexity index is 1200. The van der Waals surface area contributed by atoms with Crippen LogP contribution in [0.2, 0.25) is 0 Å². The second kappa shape index (κ2) is 8.63.